The van der Waals surface area contributed by atoms with Crippen LogP contribution >= 0.6 is 11.3 Å². The Morgan fingerprint density at radius 1 is 0.905 bits per heavy atom. The fourth-order valence-corrected chi connectivity index (χ4v) is 5.33. The first-order chi connectivity index (χ1) is 20.6. The second-order valence-electron chi connectivity index (χ2n) is 9.63. The molecule has 8 nitrogen and oxygen atoms in total. The number of rotatable bonds is 10. The first kappa shape index (κ1) is 27.2. The summed E-state index contributed by atoms with van der Waals surface area (Å²) < 4.78 is 14.8. The molecule has 3 aromatic carbocycles. The minimum Gasteiger partial charge on any atom is -0.497 e. The third kappa shape index (κ3) is 5.87. The lowest BCUT2D eigenvalue weighted by atomic mass is 10.1. The molecule has 0 unspecified atom stereocenters. The second-order valence-corrected chi connectivity index (χ2v) is 10.6. The van der Waals surface area contributed by atoms with Crippen molar-refractivity contribution < 1.29 is 9.47 Å². The Morgan fingerprint density at radius 3 is 2.38 bits per heavy atom. The van der Waals surface area contributed by atoms with Crippen molar-refractivity contribution in [2.75, 3.05) is 13.7 Å². The van der Waals surface area contributed by atoms with Crippen LogP contribution in [0.2, 0.25) is 0 Å². The molecule has 6 aromatic rings. The van der Waals surface area contributed by atoms with Crippen LogP contribution in [0, 0.1) is 0 Å². The van der Waals surface area contributed by atoms with Crippen LogP contribution in [0.15, 0.2) is 89.9 Å². The maximum atomic E-state index is 13.3. The summed E-state index contributed by atoms with van der Waals surface area (Å²) in [5.41, 5.74) is 4.18. The Balaban J connectivity index is 1.30. The predicted molar refractivity (Wildman–Crippen MR) is 167 cm³/mol. The normalized spacial score (nSPS) is 12.0. The largest absolute Gasteiger partial charge is 0.497 e. The second kappa shape index (κ2) is 12.2. The van der Waals surface area contributed by atoms with E-state index in [9.17, 15) is 4.79 Å². The van der Waals surface area contributed by atoms with E-state index in [-0.39, 0.29) is 5.56 Å². The lowest BCUT2D eigenvalue weighted by molar-refractivity contribution is 0.309. The number of benzene rings is 3. The molecule has 0 aliphatic carbocycles. The minimum atomic E-state index is -0.219. The molecule has 6 rings (SSSR count). The Kier molecular flexibility index (Phi) is 7.91. The quantitative estimate of drug-likeness (QED) is 0.189. The van der Waals surface area contributed by atoms with Crippen molar-refractivity contribution in [3.8, 4) is 28.4 Å². The number of aromatic nitrogens is 5. The maximum Gasteiger partial charge on any atom is 0.291 e. The Morgan fingerprint density at radius 2 is 1.67 bits per heavy atom. The zero-order valence-electron chi connectivity index (χ0n) is 23.3. The number of ether oxygens (including phenoxy) is 2. The molecular formula is C33H29N5O3S. The molecule has 210 valence electrons. The molecule has 0 atom stereocenters. The van der Waals surface area contributed by atoms with E-state index in [1.54, 1.807) is 13.2 Å². The van der Waals surface area contributed by atoms with Gasteiger partial charge in [-0.1, -0.05) is 61.1 Å². The molecule has 0 fully saturated rings. The van der Waals surface area contributed by atoms with Gasteiger partial charge in [-0.2, -0.15) is 14.6 Å². The van der Waals surface area contributed by atoms with Gasteiger partial charge in [0.25, 0.3) is 5.56 Å². The van der Waals surface area contributed by atoms with Gasteiger partial charge < -0.3 is 9.47 Å². The van der Waals surface area contributed by atoms with Crippen LogP contribution in [0.25, 0.3) is 40.1 Å². The zero-order valence-corrected chi connectivity index (χ0v) is 24.1. The van der Waals surface area contributed by atoms with Crippen molar-refractivity contribution in [1.82, 2.24) is 24.4 Å². The van der Waals surface area contributed by atoms with Crippen LogP contribution in [0.3, 0.4) is 0 Å². The van der Waals surface area contributed by atoms with Crippen LogP contribution in [0.5, 0.6) is 11.5 Å². The van der Waals surface area contributed by atoms with E-state index in [1.165, 1.54) is 15.9 Å². The molecule has 3 aromatic heterocycles. The molecular weight excluding hydrogens is 546 g/mol. The summed E-state index contributed by atoms with van der Waals surface area (Å²) in [7, 11) is 1.64. The van der Waals surface area contributed by atoms with Gasteiger partial charge in [-0.15, -0.1) is 5.10 Å². The predicted octanol–water partition coefficient (Wildman–Crippen LogP) is 5.91. The average Bonchev–Trinajstić information content (AvgIpc) is 3.72. The molecule has 0 N–H and O–H groups in total. The maximum absolute atomic E-state index is 13.3. The summed E-state index contributed by atoms with van der Waals surface area (Å²) in [5, 5.41) is 9.30. The van der Waals surface area contributed by atoms with Crippen LogP contribution in [0.1, 0.15) is 36.7 Å². The third-order valence-electron chi connectivity index (χ3n) is 6.68. The van der Waals surface area contributed by atoms with Crippen LogP contribution in [0.4, 0.5) is 0 Å². The molecule has 0 amide bonds. The van der Waals surface area contributed by atoms with Gasteiger partial charge >= 0.3 is 0 Å². The van der Waals surface area contributed by atoms with E-state index in [2.05, 4.69) is 17.0 Å². The van der Waals surface area contributed by atoms with Gasteiger partial charge in [-0.25, -0.2) is 4.68 Å². The summed E-state index contributed by atoms with van der Waals surface area (Å²) in [6.07, 6.45) is 9.65. The number of thiazole rings is 1. The number of para-hydroxylation sites is 1. The van der Waals surface area contributed by atoms with Crippen molar-refractivity contribution >= 4 is 34.5 Å². The average molecular weight is 576 g/mol. The summed E-state index contributed by atoms with van der Waals surface area (Å²) in [6, 6.07) is 25.5. The van der Waals surface area contributed by atoms with Gasteiger partial charge in [0.15, 0.2) is 5.82 Å². The molecule has 0 aliphatic rings. The Bertz CT molecular complexity index is 1940. The summed E-state index contributed by atoms with van der Waals surface area (Å²) in [6.45, 7) is 2.86. The molecule has 0 saturated carbocycles. The lowest BCUT2D eigenvalue weighted by Crippen LogP contribution is -2.23. The topological polar surface area (TPSA) is 83.5 Å². The number of unbranched alkanes of at least 4 members (excludes halogenated alkanes) is 1. The number of nitrogens with zero attached hydrogens (tertiary/aromatic N) is 5. The lowest BCUT2D eigenvalue weighted by Gasteiger charge is -2.04. The molecule has 0 saturated heterocycles. The van der Waals surface area contributed by atoms with E-state index in [4.69, 9.17) is 14.6 Å². The Hall–Kier alpha value is -5.02. The van der Waals surface area contributed by atoms with E-state index >= 15 is 0 Å². The van der Waals surface area contributed by atoms with Crippen molar-refractivity contribution in [3.05, 3.63) is 117 Å². The third-order valence-corrected chi connectivity index (χ3v) is 7.64. The number of hydrogen-bond donors (Lipinski definition) is 0. The highest BCUT2D eigenvalue weighted by Crippen LogP contribution is 2.26. The molecule has 9 heteroatoms. The highest BCUT2D eigenvalue weighted by atomic mass is 32.1. The highest BCUT2D eigenvalue weighted by molar-refractivity contribution is 7.15. The van der Waals surface area contributed by atoms with Gasteiger partial charge in [0.2, 0.25) is 4.96 Å². The molecule has 0 aliphatic heterocycles. The SMILES string of the molecule is CCCCOc1ccc(/C=C/c2nc3s/c(=C\c4cn(-c5ccccc5)nc4-c4ccc(OC)cc4)c(=O)n3n2)cc1. The van der Waals surface area contributed by atoms with Crippen LogP contribution in [-0.4, -0.2) is 38.1 Å². The first-order valence-electron chi connectivity index (χ1n) is 13.7. The fraction of sp³-hybridized carbons (Fsp3) is 0.152. The molecule has 0 radical (unpaired) electrons. The summed E-state index contributed by atoms with van der Waals surface area (Å²) >= 11 is 1.30. The zero-order chi connectivity index (χ0) is 28.9. The molecule has 3 heterocycles. The number of methoxy groups -OCH3 is 1. The van der Waals surface area contributed by atoms with Crippen molar-refractivity contribution in [2.45, 2.75) is 19.8 Å². The first-order valence-corrected chi connectivity index (χ1v) is 14.5. The van der Waals surface area contributed by atoms with E-state index < -0.39 is 0 Å². The fourth-order valence-electron chi connectivity index (χ4n) is 4.42. The minimum absolute atomic E-state index is 0.219. The summed E-state index contributed by atoms with van der Waals surface area (Å²) in [4.78, 5) is 18.4. The van der Waals surface area contributed by atoms with E-state index in [0.29, 0.717) is 15.3 Å². The smallest absolute Gasteiger partial charge is 0.291 e. The molecule has 0 bridgehead atoms. The number of fused-ring (bicyclic) bond motifs is 1. The van der Waals surface area contributed by atoms with Gasteiger partial charge in [0.05, 0.1) is 23.9 Å². The van der Waals surface area contributed by atoms with Crippen LogP contribution in [-0.2, 0) is 0 Å². The Labute approximate surface area is 246 Å². The van der Waals surface area contributed by atoms with Crippen molar-refractivity contribution in [3.63, 3.8) is 0 Å². The van der Waals surface area contributed by atoms with Crippen molar-refractivity contribution in [2.24, 2.45) is 0 Å². The molecule has 42 heavy (non-hydrogen) atoms. The van der Waals surface area contributed by atoms with E-state index in [0.717, 1.165) is 59.0 Å². The van der Waals surface area contributed by atoms with Crippen LogP contribution < -0.4 is 19.6 Å². The van der Waals surface area contributed by atoms with Gasteiger partial charge in [0.1, 0.15) is 17.2 Å². The molecule has 0 spiro atoms. The monoisotopic (exact) mass is 575 g/mol. The van der Waals surface area contributed by atoms with Gasteiger partial charge in [-0.3, -0.25) is 4.79 Å². The number of hydrogen-bond acceptors (Lipinski definition) is 7. The standard InChI is InChI=1S/C33H29N5O3S/c1-3-4-20-41-28-15-10-23(11-16-28)12-19-30-34-33-38(35-30)32(39)29(42-33)21-25-22-37(26-8-6-5-7-9-26)36-31(25)24-13-17-27(40-2)18-14-24/h5-19,21-22H,3-4,20H2,1-2H3/b19-12+,29-21-. The summed E-state index contributed by atoms with van der Waals surface area (Å²) in [5.74, 6) is 2.09. The van der Waals surface area contributed by atoms with E-state index in [1.807, 2.05) is 102 Å². The highest BCUT2D eigenvalue weighted by Gasteiger charge is 2.14. The van der Waals surface area contributed by atoms with Crippen molar-refractivity contribution in [1.29, 1.82) is 0 Å². The van der Waals surface area contributed by atoms with Gasteiger partial charge in [-0.05, 0) is 72.7 Å². The van der Waals surface area contributed by atoms with Gasteiger partial charge in [0, 0.05) is 17.3 Å².